The fraction of sp³-hybridized carbons (Fsp3) is 0.421. The summed E-state index contributed by atoms with van der Waals surface area (Å²) >= 11 is 1.67. The smallest absolute Gasteiger partial charge is 0.227 e. The lowest BCUT2D eigenvalue weighted by Crippen LogP contribution is -2.37. The molecule has 0 saturated carbocycles. The molecule has 1 aromatic carbocycles. The van der Waals surface area contributed by atoms with E-state index in [-0.39, 0.29) is 5.91 Å². The summed E-state index contributed by atoms with van der Waals surface area (Å²) in [5.74, 6) is 0.926. The summed E-state index contributed by atoms with van der Waals surface area (Å²) in [6.45, 7) is 4.20. The van der Waals surface area contributed by atoms with Crippen LogP contribution >= 0.6 is 11.3 Å². The summed E-state index contributed by atoms with van der Waals surface area (Å²) < 4.78 is 0. The maximum Gasteiger partial charge on any atom is 0.227 e. The van der Waals surface area contributed by atoms with Crippen LogP contribution in [0.15, 0.2) is 35.5 Å². The molecular weight excluding hydrogens is 346 g/mol. The van der Waals surface area contributed by atoms with E-state index in [0.29, 0.717) is 19.5 Å². The molecule has 0 saturated heterocycles. The highest BCUT2D eigenvalue weighted by Gasteiger charge is 2.23. The Balaban J connectivity index is 1.38. The van der Waals surface area contributed by atoms with Crippen LogP contribution in [-0.2, 0) is 17.8 Å². The molecule has 3 rings (SSSR count). The minimum Gasteiger partial charge on any atom is -0.356 e. The van der Waals surface area contributed by atoms with Crippen LogP contribution in [0, 0.1) is 6.92 Å². The topological polar surface area (TPSA) is 69.6 Å². The van der Waals surface area contributed by atoms with E-state index in [9.17, 15) is 4.79 Å². The van der Waals surface area contributed by atoms with E-state index in [0.717, 1.165) is 36.0 Å². The predicted molar refractivity (Wildman–Crippen MR) is 107 cm³/mol. The Morgan fingerprint density at radius 1 is 1.35 bits per heavy atom. The van der Waals surface area contributed by atoms with Gasteiger partial charge in [0.15, 0.2) is 5.96 Å². The number of nitrogens with one attached hydrogen (secondary N) is 2. The van der Waals surface area contributed by atoms with Crippen molar-refractivity contribution in [3.8, 4) is 0 Å². The number of carbonyl (C=O) groups excluding carboxylic acids is 1. The van der Waals surface area contributed by atoms with Crippen molar-refractivity contribution in [2.24, 2.45) is 4.99 Å². The highest BCUT2D eigenvalue weighted by atomic mass is 32.1. The van der Waals surface area contributed by atoms with Gasteiger partial charge in [-0.15, -0.1) is 11.3 Å². The van der Waals surface area contributed by atoms with Gasteiger partial charge in [-0.25, -0.2) is 4.98 Å². The molecule has 2 aromatic rings. The Kier molecular flexibility index (Phi) is 6.22. The van der Waals surface area contributed by atoms with Crippen molar-refractivity contribution in [3.63, 3.8) is 0 Å². The van der Waals surface area contributed by atoms with Crippen molar-refractivity contribution in [1.82, 2.24) is 15.6 Å². The van der Waals surface area contributed by atoms with E-state index in [1.54, 1.807) is 18.4 Å². The first-order valence-corrected chi connectivity index (χ1v) is 9.73. The standard InChI is InChI=1S/C19H25N5OS/c1-14-12-22-17(26-14)13-23-19(20-2)21-10-5-8-18(25)24-11-9-15-6-3-4-7-16(15)24/h3-4,6-7,12H,5,8-11,13H2,1-2H3,(H2,20,21,23). The molecule has 7 heteroatoms. The van der Waals surface area contributed by atoms with Crippen LogP contribution in [0.5, 0.6) is 0 Å². The number of benzene rings is 1. The van der Waals surface area contributed by atoms with Gasteiger partial charge in [-0.05, 0) is 31.4 Å². The van der Waals surface area contributed by atoms with Crippen molar-refractivity contribution < 1.29 is 4.79 Å². The molecular formula is C19H25N5OS. The molecule has 0 spiro atoms. The van der Waals surface area contributed by atoms with Crippen LogP contribution in [-0.4, -0.2) is 37.0 Å². The Hall–Kier alpha value is -2.41. The largest absolute Gasteiger partial charge is 0.356 e. The number of hydrogen-bond donors (Lipinski definition) is 2. The summed E-state index contributed by atoms with van der Waals surface area (Å²) in [6, 6.07) is 8.16. The van der Waals surface area contributed by atoms with E-state index in [4.69, 9.17) is 0 Å². The maximum absolute atomic E-state index is 12.5. The average Bonchev–Trinajstić information content (AvgIpc) is 3.27. The van der Waals surface area contributed by atoms with Crippen molar-refractivity contribution in [1.29, 1.82) is 0 Å². The highest BCUT2D eigenvalue weighted by molar-refractivity contribution is 7.11. The van der Waals surface area contributed by atoms with Crippen LogP contribution in [0.25, 0.3) is 0 Å². The molecule has 1 aliphatic heterocycles. The number of aromatic nitrogens is 1. The number of aryl methyl sites for hydroxylation is 1. The first-order valence-electron chi connectivity index (χ1n) is 8.91. The van der Waals surface area contributed by atoms with Crippen LogP contribution < -0.4 is 15.5 Å². The van der Waals surface area contributed by atoms with Gasteiger partial charge < -0.3 is 15.5 Å². The van der Waals surface area contributed by atoms with Gasteiger partial charge in [-0.3, -0.25) is 9.79 Å². The molecule has 0 bridgehead atoms. The number of nitrogens with zero attached hydrogens (tertiary/aromatic N) is 3. The molecule has 1 aromatic heterocycles. The van der Waals surface area contributed by atoms with Crippen molar-refractivity contribution in [3.05, 3.63) is 45.9 Å². The van der Waals surface area contributed by atoms with Gasteiger partial charge in [0.1, 0.15) is 5.01 Å². The van der Waals surface area contributed by atoms with Crippen LogP contribution in [0.1, 0.15) is 28.3 Å². The second kappa shape index (κ2) is 8.80. The number of hydrogen-bond acceptors (Lipinski definition) is 4. The minimum absolute atomic E-state index is 0.193. The van der Waals surface area contributed by atoms with Gasteiger partial charge in [0.25, 0.3) is 0 Å². The van der Waals surface area contributed by atoms with E-state index in [2.05, 4.69) is 26.7 Å². The fourth-order valence-corrected chi connectivity index (χ4v) is 3.77. The Bertz CT molecular complexity index is 786. The zero-order valence-electron chi connectivity index (χ0n) is 15.3. The van der Waals surface area contributed by atoms with E-state index in [1.807, 2.05) is 36.2 Å². The summed E-state index contributed by atoms with van der Waals surface area (Å²) in [4.78, 5) is 24.1. The number of amides is 1. The number of thiazole rings is 1. The van der Waals surface area contributed by atoms with Gasteiger partial charge in [0, 0.05) is 43.3 Å². The van der Waals surface area contributed by atoms with Gasteiger partial charge in [0.05, 0.1) is 6.54 Å². The first kappa shape index (κ1) is 18.4. The zero-order valence-corrected chi connectivity index (χ0v) is 16.1. The van der Waals surface area contributed by atoms with E-state index >= 15 is 0 Å². The first-order chi connectivity index (χ1) is 12.7. The lowest BCUT2D eigenvalue weighted by molar-refractivity contribution is -0.118. The minimum atomic E-state index is 0.193. The lowest BCUT2D eigenvalue weighted by Gasteiger charge is -2.17. The molecule has 1 amide bonds. The van der Waals surface area contributed by atoms with Gasteiger partial charge in [-0.1, -0.05) is 18.2 Å². The quantitative estimate of drug-likeness (QED) is 0.465. The van der Waals surface area contributed by atoms with Crippen LogP contribution in [0.2, 0.25) is 0 Å². The fourth-order valence-electron chi connectivity index (χ4n) is 3.04. The number of rotatable bonds is 6. The molecule has 2 N–H and O–H groups in total. The number of fused-ring (bicyclic) bond motifs is 1. The van der Waals surface area contributed by atoms with Crippen molar-refractivity contribution in [2.45, 2.75) is 32.7 Å². The van der Waals surface area contributed by atoms with E-state index in [1.165, 1.54) is 10.4 Å². The number of para-hydroxylation sites is 1. The average molecular weight is 372 g/mol. The molecule has 0 fully saturated rings. The summed E-state index contributed by atoms with van der Waals surface area (Å²) in [6.07, 6.45) is 4.13. The number of aliphatic imine (C=N–C) groups is 1. The third-order valence-corrected chi connectivity index (χ3v) is 5.26. The summed E-state index contributed by atoms with van der Waals surface area (Å²) in [5.41, 5.74) is 2.34. The van der Waals surface area contributed by atoms with Crippen LogP contribution in [0.4, 0.5) is 5.69 Å². The molecule has 138 valence electrons. The van der Waals surface area contributed by atoms with Crippen LogP contribution in [0.3, 0.4) is 0 Å². The Labute approximate surface area is 158 Å². The van der Waals surface area contributed by atoms with Gasteiger partial charge >= 0.3 is 0 Å². The Morgan fingerprint density at radius 3 is 2.96 bits per heavy atom. The molecule has 0 aliphatic carbocycles. The third-order valence-electron chi connectivity index (χ3n) is 4.35. The SMILES string of the molecule is CN=C(NCCCC(=O)N1CCc2ccccc21)NCc1ncc(C)s1. The molecule has 0 radical (unpaired) electrons. The normalized spacial score (nSPS) is 13.6. The molecule has 1 aliphatic rings. The van der Waals surface area contributed by atoms with Crippen molar-refractivity contribution >= 4 is 28.9 Å². The summed E-state index contributed by atoms with van der Waals surface area (Å²) in [7, 11) is 1.74. The predicted octanol–water partition coefficient (Wildman–Crippen LogP) is 2.49. The van der Waals surface area contributed by atoms with Gasteiger partial charge in [-0.2, -0.15) is 0 Å². The zero-order chi connectivity index (χ0) is 18.4. The third kappa shape index (κ3) is 4.60. The monoisotopic (exact) mass is 371 g/mol. The Morgan fingerprint density at radius 2 is 2.19 bits per heavy atom. The molecule has 0 atom stereocenters. The van der Waals surface area contributed by atoms with Crippen molar-refractivity contribution in [2.75, 3.05) is 25.0 Å². The number of anilines is 1. The molecule has 0 unspecified atom stereocenters. The number of guanidine groups is 1. The maximum atomic E-state index is 12.5. The highest BCUT2D eigenvalue weighted by Crippen LogP contribution is 2.27. The number of carbonyl (C=O) groups is 1. The molecule has 26 heavy (non-hydrogen) atoms. The second-order valence-corrected chi connectivity index (χ2v) is 7.56. The van der Waals surface area contributed by atoms with Gasteiger partial charge in [0.2, 0.25) is 5.91 Å². The molecule has 2 heterocycles. The second-order valence-electron chi connectivity index (χ2n) is 6.24. The van der Waals surface area contributed by atoms with E-state index < -0.39 is 0 Å². The lowest BCUT2D eigenvalue weighted by atomic mass is 10.2. The molecule has 6 nitrogen and oxygen atoms in total. The summed E-state index contributed by atoms with van der Waals surface area (Å²) in [5, 5.41) is 7.54.